The van der Waals surface area contributed by atoms with Gasteiger partial charge in [0.15, 0.2) is 0 Å². The number of rotatable bonds is 7. The van der Waals surface area contributed by atoms with E-state index in [1.165, 1.54) is 17.0 Å². The van der Waals surface area contributed by atoms with E-state index < -0.39 is 4.92 Å². The first-order valence-electron chi connectivity index (χ1n) is 10.9. The predicted molar refractivity (Wildman–Crippen MR) is 158 cm³/mol. The van der Waals surface area contributed by atoms with Gasteiger partial charge < -0.3 is 4.74 Å². The molecule has 0 fully saturated rings. The molecule has 0 unspecified atom stereocenters. The van der Waals surface area contributed by atoms with Crippen LogP contribution in [0.4, 0.5) is 5.69 Å². The predicted octanol–water partition coefficient (Wildman–Crippen LogP) is 7.94. The average molecular weight is 758 g/mol. The van der Waals surface area contributed by atoms with Gasteiger partial charge in [-0.2, -0.15) is 9.78 Å². The van der Waals surface area contributed by atoms with Gasteiger partial charge in [-0.1, -0.05) is 83.6 Å². The van der Waals surface area contributed by atoms with E-state index in [-0.39, 0.29) is 29.5 Å². The second-order valence-corrected chi connectivity index (χ2v) is 11.9. The molecule has 0 saturated carbocycles. The Labute approximate surface area is 245 Å². The maximum Gasteiger partial charge on any atom is 0.312 e. The van der Waals surface area contributed by atoms with Gasteiger partial charge in [0.05, 0.1) is 22.0 Å². The molecular weight excluding hydrogens is 740 g/mol. The second kappa shape index (κ2) is 11.5. The lowest BCUT2D eigenvalue weighted by Crippen LogP contribution is -2.23. The molecule has 1 heterocycles. The van der Waals surface area contributed by atoms with E-state index in [0.717, 1.165) is 19.0 Å². The first-order valence-corrected chi connectivity index (χ1v) is 14.0. The molecule has 37 heavy (non-hydrogen) atoms. The molecule has 0 bridgehead atoms. The van der Waals surface area contributed by atoms with Crippen molar-refractivity contribution in [1.82, 2.24) is 9.66 Å². The summed E-state index contributed by atoms with van der Waals surface area (Å²) in [6.45, 7) is 3.89. The third-order valence-electron chi connectivity index (χ3n) is 5.31. The number of nitrogens with zero attached hydrogens (tertiary/aromatic N) is 4. The molecule has 0 radical (unpaired) electrons. The fourth-order valence-electron chi connectivity index (χ4n) is 3.55. The van der Waals surface area contributed by atoms with Gasteiger partial charge in [0.1, 0.15) is 12.4 Å². The molecule has 4 aromatic rings. The zero-order chi connectivity index (χ0) is 26.9. The van der Waals surface area contributed by atoms with E-state index in [9.17, 15) is 14.9 Å². The third-order valence-corrected chi connectivity index (χ3v) is 7.49. The van der Waals surface area contributed by atoms with Crippen molar-refractivity contribution < 1.29 is 9.66 Å². The van der Waals surface area contributed by atoms with Gasteiger partial charge in [-0.3, -0.25) is 14.9 Å². The molecule has 0 aliphatic carbocycles. The number of fused-ring (bicyclic) bond motifs is 1. The van der Waals surface area contributed by atoms with Crippen LogP contribution in [-0.2, 0) is 6.61 Å². The zero-order valence-corrected chi connectivity index (χ0v) is 25.8. The summed E-state index contributed by atoms with van der Waals surface area (Å²) in [6.07, 6.45) is 1.38. The summed E-state index contributed by atoms with van der Waals surface area (Å²) in [5, 5.41) is 16.7. The number of hydrogen-bond donors (Lipinski definition) is 0. The maximum atomic E-state index is 13.4. The molecular formula is C25H18Br4N4O4. The van der Waals surface area contributed by atoms with Crippen molar-refractivity contribution >= 4 is 86.5 Å². The molecule has 1 aromatic heterocycles. The van der Waals surface area contributed by atoms with Crippen molar-refractivity contribution in [3.05, 3.63) is 104 Å². The number of hydrogen-bond acceptors (Lipinski definition) is 6. The first kappa shape index (κ1) is 27.6. The standard InChI is InChI=1S/C25H18Br4N4O4/c1-13(2)24-31-21-6-5-16(26)8-19(21)25(34)32(24)30-11-15-7-18(28)10-22(33(35)36)23(15)37-12-14-3-4-17(27)9-20(14)29/h3-11,13H,12H2,1-2H3. The van der Waals surface area contributed by atoms with Crippen LogP contribution in [-0.4, -0.2) is 20.8 Å². The minimum atomic E-state index is -0.519. The molecule has 0 aliphatic heterocycles. The fourth-order valence-corrected chi connectivity index (χ4v) is 5.53. The topological polar surface area (TPSA) is 99.6 Å². The van der Waals surface area contributed by atoms with Crippen molar-refractivity contribution in [2.75, 3.05) is 0 Å². The molecule has 0 amide bonds. The van der Waals surface area contributed by atoms with Crippen LogP contribution in [0.2, 0.25) is 0 Å². The summed E-state index contributed by atoms with van der Waals surface area (Å²) in [7, 11) is 0. The van der Waals surface area contributed by atoms with Crippen LogP contribution in [0.5, 0.6) is 5.75 Å². The summed E-state index contributed by atoms with van der Waals surface area (Å²) in [4.78, 5) is 29.4. The van der Waals surface area contributed by atoms with Gasteiger partial charge in [-0.25, -0.2) is 4.98 Å². The summed E-state index contributed by atoms with van der Waals surface area (Å²) < 4.78 is 10.1. The maximum absolute atomic E-state index is 13.4. The highest BCUT2D eigenvalue weighted by Crippen LogP contribution is 2.35. The lowest BCUT2D eigenvalue weighted by molar-refractivity contribution is -0.386. The van der Waals surface area contributed by atoms with Gasteiger partial charge >= 0.3 is 5.69 Å². The van der Waals surface area contributed by atoms with Crippen LogP contribution < -0.4 is 10.3 Å². The van der Waals surface area contributed by atoms with E-state index >= 15 is 0 Å². The number of benzene rings is 3. The summed E-state index contributed by atoms with van der Waals surface area (Å²) in [6, 6.07) is 13.9. The minimum absolute atomic E-state index is 0.0300. The largest absolute Gasteiger partial charge is 0.481 e. The molecule has 4 rings (SSSR count). The summed E-state index contributed by atoms with van der Waals surface area (Å²) in [5.41, 5.74) is 1.10. The number of aromatic nitrogens is 2. The van der Waals surface area contributed by atoms with Gasteiger partial charge in [-0.05, 0) is 36.4 Å². The Bertz CT molecular complexity index is 1620. The van der Waals surface area contributed by atoms with Gasteiger partial charge in [-0.15, -0.1) is 0 Å². The number of halogens is 4. The molecule has 8 nitrogen and oxygen atoms in total. The summed E-state index contributed by atoms with van der Waals surface area (Å²) in [5.74, 6) is 0.379. The highest BCUT2D eigenvalue weighted by molar-refractivity contribution is 9.11. The highest BCUT2D eigenvalue weighted by Gasteiger charge is 2.21. The van der Waals surface area contributed by atoms with Crippen molar-refractivity contribution in [3.63, 3.8) is 0 Å². The average Bonchev–Trinajstić information content (AvgIpc) is 2.83. The molecule has 0 saturated heterocycles. The van der Waals surface area contributed by atoms with E-state index in [1.54, 1.807) is 18.2 Å². The molecule has 0 atom stereocenters. The van der Waals surface area contributed by atoms with Crippen LogP contribution in [0.25, 0.3) is 10.9 Å². The molecule has 12 heteroatoms. The quantitative estimate of drug-likeness (QED) is 0.108. The normalized spacial score (nSPS) is 11.5. The van der Waals surface area contributed by atoms with Gasteiger partial charge in [0, 0.05) is 41.0 Å². The highest BCUT2D eigenvalue weighted by atomic mass is 79.9. The smallest absolute Gasteiger partial charge is 0.312 e. The fraction of sp³-hybridized carbons (Fsp3) is 0.160. The summed E-state index contributed by atoms with van der Waals surface area (Å²) >= 11 is 13.6. The Balaban J connectivity index is 1.83. The van der Waals surface area contributed by atoms with Gasteiger partial charge in [0.25, 0.3) is 5.56 Å². The Morgan fingerprint density at radius 2 is 1.76 bits per heavy atom. The SMILES string of the molecule is CC(C)c1nc2ccc(Br)cc2c(=O)n1N=Cc1cc(Br)cc([N+](=O)[O-])c1OCc1ccc(Br)cc1Br. The van der Waals surface area contributed by atoms with Crippen molar-refractivity contribution in [3.8, 4) is 5.75 Å². The lowest BCUT2D eigenvalue weighted by Gasteiger charge is -2.13. The molecule has 190 valence electrons. The zero-order valence-electron chi connectivity index (χ0n) is 19.4. The molecule has 3 aromatic carbocycles. The number of nitro benzene ring substituents is 1. The second-order valence-electron chi connectivity index (χ2n) is 8.27. The van der Waals surface area contributed by atoms with Crippen LogP contribution >= 0.6 is 63.7 Å². The monoisotopic (exact) mass is 754 g/mol. The van der Waals surface area contributed by atoms with Crippen molar-refractivity contribution in [1.29, 1.82) is 0 Å². The van der Waals surface area contributed by atoms with Crippen LogP contribution in [0.3, 0.4) is 0 Å². The van der Waals surface area contributed by atoms with E-state index in [2.05, 4.69) is 73.8 Å². The van der Waals surface area contributed by atoms with Crippen molar-refractivity contribution in [2.24, 2.45) is 5.10 Å². The minimum Gasteiger partial charge on any atom is -0.481 e. The van der Waals surface area contributed by atoms with Crippen LogP contribution in [0.15, 0.2) is 76.3 Å². The number of nitro groups is 1. The Morgan fingerprint density at radius 3 is 2.43 bits per heavy atom. The van der Waals surface area contributed by atoms with E-state index in [1.807, 2.05) is 38.1 Å². The number of ether oxygens (including phenoxy) is 1. The lowest BCUT2D eigenvalue weighted by atomic mass is 10.1. The molecule has 0 aliphatic rings. The molecule has 0 N–H and O–H groups in total. The van der Waals surface area contributed by atoms with Crippen LogP contribution in [0.1, 0.15) is 36.7 Å². The Morgan fingerprint density at radius 1 is 1.05 bits per heavy atom. The van der Waals surface area contributed by atoms with E-state index in [0.29, 0.717) is 26.8 Å². The van der Waals surface area contributed by atoms with Crippen molar-refractivity contribution in [2.45, 2.75) is 26.4 Å². The van der Waals surface area contributed by atoms with E-state index in [4.69, 9.17) is 4.74 Å². The van der Waals surface area contributed by atoms with Crippen LogP contribution in [0, 0.1) is 10.1 Å². The third kappa shape index (κ3) is 6.19. The Kier molecular flexibility index (Phi) is 8.62. The van der Waals surface area contributed by atoms with Gasteiger partial charge in [0.2, 0.25) is 5.75 Å². The Hall–Kier alpha value is -2.41. The molecule has 0 spiro atoms. The first-order chi connectivity index (χ1) is 17.5.